The Morgan fingerprint density at radius 1 is 0.636 bits per heavy atom. The topological polar surface area (TPSA) is 38.7 Å². The van der Waals surface area contributed by atoms with Crippen LogP contribution in [-0.2, 0) is 20.1 Å². The van der Waals surface area contributed by atoms with Crippen LogP contribution in [0.15, 0.2) is 109 Å². The van der Waals surface area contributed by atoms with Gasteiger partial charge in [0, 0.05) is 37.3 Å². The van der Waals surface area contributed by atoms with Gasteiger partial charge in [-0.15, -0.1) is 29.8 Å². The van der Waals surface area contributed by atoms with Gasteiger partial charge in [-0.25, -0.2) is 9.97 Å². The Bertz CT molecular complexity index is 1580. The van der Waals surface area contributed by atoms with Crippen molar-refractivity contribution in [1.82, 2.24) is 15.0 Å². The van der Waals surface area contributed by atoms with E-state index in [1.54, 1.807) is 0 Å². The van der Waals surface area contributed by atoms with Crippen LogP contribution in [0.4, 0.5) is 0 Å². The summed E-state index contributed by atoms with van der Waals surface area (Å²) in [5.74, 6) is 0.693. The van der Waals surface area contributed by atoms with Crippen molar-refractivity contribution in [3.63, 3.8) is 0 Å². The van der Waals surface area contributed by atoms with Crippen LogP contribution in [0.25, 0.3) is 55.6 Å². The second kappa shape index (κ2) is 9.03. The second-order valence-electron chi connectivity index (χ2n) is 7.69. The molecule has 0 aliphatic rings. The van der Waals surface area contributed by atoms with Crippen LogP contribution in [0.3, 0.4) is 0 Å². The van der Waals surface area contributed by atoms with Gasteiger partial charge in [-0.3, -0.25) is 0 Å². The Labute approximate surface area is 205 Å². The first kappa shape index (κ1) is 21.1. The summed E-state index contributed by atoms with van der Waals surface area (Å²) in [6, 6.07) is 38.1. The molecule has 6 aromatic rings. The van der Waals surface area contributed by atoms with Crippen LogP contribution in [0.2, 0.25) is 0 Å². The Balaban J connectivity index is 0.00000228. The molecule has 0 saturated heterocycles. The minimum absolute atomic E-state index is 0. The van der Waals surface area contributed by atoms with Gasteiger partial charge in [-0.05, 0) is 22.5 Å². The summed E-state index contributed by atoms with van der Waals surface area (Å²) in [6.07, 6.45) is 1.91. The number of rotatable bonds is 3. The first-order valence-corrected chi connectivity index (χ1v) is 10.5. The molecule has 3 nitrogen and oxygen atoms in total. The van der Waals surface area contributed by atoms with Gasteiger partial charge in [0.1, 0.15) is 5.82 Å². The number of benzene rings is 4. The zero-order chi connectivity index (χ0) is 21.3. The fourth-order valence-corrected chi connectivity index (χ4v) is 4.01. The third-order valence-corrected chi connectivity index (χ3v) is 5.62. The van der Waals surface area contributed by atoms with E-state index in [1.165, 1.54) is 0 Å². The maximum atomic E-state index is 4.98. The SMILES string of the molecule is [Ir].[c-]1ccc(-c2nc(-c3ccccc3)c3ccccc3n2)cc1-c1cc2ccccc2cn1. The van der Waals surface area contributed by atoms with E-state index in [2.05, 4.69) is 53.5 Å². The van der Waals surface area contributed by atoms with Crippen molar-refractivity contribution in [2.24, 2.45) is 0 Å². The Morgan fingerprint density at radius 3 is 2.27 bits per heavy atom. The van der Waals surface area contributed by atoms with Crippen molar-refractivity contribution in [3.8, 4) is 33.9 Å². The van der Waals surface area contributed by atoms with E-state index in [1.807, 2.05) is 66.9 Å². The first-order chi connectivity index (χ1) is 15.8. The zero-order valence-corrected chi connectivity index (χ0v) is 20.0. The average Bonchev–Trinajstić information content (AvgIpc) is 2.88. The van der Waals surface area contributed by atoms with Crippen LogP contribution in [0, 0.1) is 6.07 Å². The van der Waals surface area contributed by atoms with Crippen molar-refractivity contribution >= 4 is 21.7 Å². The molecule has 1 radical (unpaired) electrons. The summed E-state index contributed by atoms with van der Waals surface area (Å²) in [5, 5.41) is 3.32. The molecule has 4 aromatic carbocycles. The monoisotopic (exact) mass is 601 g/mol. The largest absolute Gasteiger partial charge is 0.304 e. The molecule has 0 atom stereocenters. The molecule has 0 fully saturated rings. The average molecular weight is 601 g/mol. The van der Waals surface area contributed by atoms with Crippen molar-refractivity contribution < 1.29 is 20.1 Å². The molecule has 4 heteroatoms. The number of fused-ring (bicyclic) bond motifs is 2. The summed E-state index contributed by atoms with van der Waals surface area (Å²) >= 11 is 0. The molecule has 6 rings (SSSR count). The van der Waals surface area contributed by atoms with E-state index < -0.39 is 0 Å². The third-order valence-electron chi connectivity index (χ3n) is 5.62. The Kier molecular flexibility index (Phi) is 5.78. The van der Waals surface area contributed by atoms with Crippen LogP contribution >= 0.6 is 0 Å². The van der Waals surface area contributed by atoms with Gasteiger partial charge in [0.25, 0.3) is 0 Å². The molecular formula is C29H18IrN3-. The molecule has 2 aromatic heterocycles. The van der Waals surface area contributed by atoms with Crippen molar-refractivity contribution in [1.29, 1.82) is 0 Å². The van der Waals surface area contributed by atoms with Gasteiger partial charge in [0.15, 0.2) is 0 Å². The van der Waals surface area contributed by atoms with E-state index in [-0.39, 0.29) is 20.1 Å². The molecule has 2 heterocycles. The van der Waals surface area contributed by atoms with Crippen molar-refractivity contribution in [3.05, 3.63) is 115 Å². The van der Waals surface area contributed by atoms with E-state index >= 15 is 0 Å². The van der Waals surface area contributed by atoms with Crippen LogP contribution in [0.1, 0.15) is 0 Å². The number of pyridine rings is 1. The predicted octanol–water partition coefficient (Wildman–Crippen LogP) is 6.98. The summed E-state index contributed by atoms with van der Waals surface area (Å²) in [7, 11) is 0. The fourth-order valence-electron chi connectivity index (χ4n) is 4.01. The molecule has 0 aliphatic heterocycles. The van der Waals surface area contributed by atoms with E-state index in [0.717, 1.165) is 49.8 Å². The zero-order valence-electron chi connectivity index (χ0n) is 17.6. The van der Waals surface area contributed by atoms with E-state index in [9.17, 15) is 0 Å². The molecule has 33 heavy (non-hydrogen) atoms. The van der Waals surface area contributed by atoms with Gasteiger partial charge in [-0.1, -0.05) is 84.4 Å². The van der Waals surface area contributed by atoms with E-state index in [0.29, 0.717) is 5.82 Å². The van der Waals surface area contributed by atoms with Crippen LogP contribution < -0.4 is 0 Å². The summed E-state index contributed by atoms with van der Waals surface area (Å²) in [4.78, 5) is 14.5. The molecular weight excluding hydrogens is 583 g/mol. The number of aromatic nitrogens is 3. The van der Waals surface area contributed by atoms with Gasteiger partial charge in [0.2, 0.25) is 0 Å². The molecule has 0 amide bonds. The maximum absolute atomic E-state index is 4.98. The summed E-state index contributed by atoms with van der Waals surface area (Å²) in [5.41, 5.74) is 5.68. The predicted molar refractivity (Wildman–Crippen MR) is 130 cm³/mol. The van der Waals surface area contributed by atoms with Gasteiger partial charge >= 0.3 is 0 Å². The number of nitrogens with zero attached hydrogens (tertiary/aromatic N) is 3. The number of para-hydroxylation sites is 1. The van der Waals surface area contributed by atoms with Crippen LogP contribution in [0.5, 0.6) is 0 Å². The minimum Gasteiger partial charge on any atom is -0.304 e. The van der Waals surface area contributed by atoms with Gasteiger partial charge in [-0.2, -0.15) is 0 Å². The van der Waals surface area contributed by atoms with Gasteiger partial charge in [0.05, 0.1) is 11.2 Å². The smallest absolute Gasteiger partial charge is 0.142 e. The maximum Gasteiger partial charge on any atom is 0.142 e. The third kappa shape index (κ3) is 4.07. The molecule has 0 N–H and O–H groups in total. The number of hydrogen-bond acceptors (Lipinski definition) is 3. The molecule has 0 bridgehead atoms. The summed E-state index contributed by atoms with van der Waals surface area (Å²) < 4.78 is 0. The molecule has 0 saturated carbocycles. The summed E-state index contributed by atoms with van der Waals surface area (Å²) in [6.45, 7) is 0. The fraction of sp³-hybridized carbons (Fsp3) is 0. The quantitative estimate of drug-likeness (QED) is 0.206. The molecule has 0 unspecified atom stereocenters. The normalized spacial score (nSPS) is 10.8. The van der Waals surface area contributed by atoms with Crippen molar-refractivity contribution in [2.75, 3.05) is 0 Å². The molecule has 0 spiro atoms. The number of hydrogen-bond donors (Lipinski definition) is 0. The molecule has 159 valence electrons. The van der Waals surface area contributed by atoms with E-state index in [4.69, 9.17) is 9.97 Å². The standard InChI is InChI=1S/C29H18N3.Ir/c1-2-9-20(10-3-1)28-25-15-6-7-16-26(25)31-29(32-28)23-14-8-13-22(17-23)27-18-21-11-4-5-12-24(21)19-30-27;/h1-12,14-19H;/q-1;. The second-order valence-corrected chi connectivity index (χ2v) is 7.69. The Morgan fingerprint density at radius 2 is 1.39 bits per heavy atom. The first-order valence-electron chi connectivity index (χ1n) is 10.5. The van der Waals surface area contributed by atoms with Crippen LogP contribution in [-0.4, -0.2) is 15.0 Å². The van der Waals surface area contributed by atoms with Gasteiger partial charge < -0.3 is 4.98 Å². The Hall–Kier alpha value is -3.72. The van der Waals surface area contributed by atoms with Crippen molar-refractivity contribution in [2.45, 2.75) is 0 Å². The molecule has 0 aliphatic carbocycles. The minimum atomic E-state index is 0.